The fourth-order valence-electron chi connectivity index (χ4n) is 7.91. The molecule has 3 aromatic carbocycles. The first-order valence-corrected chi connectivity index (χ1v) is 14.7. The molecule has 0 radical (unpaired) electrons. The van der Waals surface area contributed by atoms with Crippen LogP contribution in [0.15, 0.2) is 48.5 Å². The Labute approximate surface area is 238 Å². The zero-order chi connectivity index (χ0) is 27.2. The Kier molecular flexibility index (Phi) is 5.42. The van der Waals surface area contributed by atoms with Crippen LogP contribution in [0.5, 0.6) is 6.01 Å². The first-order chi connectivity index (χ1) is 19.3. The van der Waals surface area contributed by atoms with Crippen LogP contribution in [0.2, 0.25) is 5.02 Å². The highest BCUT2D eigenvalue weighted by atomic mass is 35.5. The molecule has 3 heterocycles. The summed E-state index contributed by atoms with van der Waals surface area (Å²) in [6.07, 6.45) is 5.67. The van der Waals surface area contributed by atoms with Gasteiger partial charge in [-0.3, -0.25) is 0 Å². The van der Waals surface area contributed by atoms with E-state index in [9.17, 15) is 0 Å². The van der Waals surface area contributed by atoms with Crippen LogP contribution in [-0.4, -0.2) is 66.3 Å². The van der Waals surface area contributed by atoms with Crippen molar-refractivity contribution in [2.75, 3.05) is 38.7 Å². The van der Waals surface area contributed by atoms with Crippen LogP contribution < -0.4 is 15.0 Å². The van der Waals surface area contributed by atoms with Gasteiger partial charge in [0.25, 0.3) is 0 Å². The number of hydrogen-bond acceptors (Lipinski definition) is 6. The van der Waals surface area contributed by atoms with E-state index < -0.39 is 5.82 Å². The molecule has 3 saturated carbocycles. The normalized spacial score (nSPS) is 28.7. The maximum Gasteiger partial charge on any atom is 0.319 e. The van der Waals surface area contributed by atoms with Crippen LogP contribution in [0.1, 0.15) is 32.1 Å². The van der Waals surface area contributed by atoms with Gasteiger partial charge in [-0.05, 0) is 68.6 Å². The number of hydrogen-bond donors (Lipinski definition) is 1. The highest BCUT2D eigenvalue weighted by Gasteiger charge is 2.69. The maximum atomic E-state index is 16.7. The Bertz CT molecular complexity index is 1640. The second-order valence-electron chi connectivity index (χ2n) is 12.8. The Hall–Kier alpha value is -3.00. The fourth-order valence-corrected chi connectivity index (χ4v) is 8.20. The molecule has 0 amide bonds. The van der Waals surface area contributed by atoms with E-state index in [0.29, 0.717) is 46.0 Å². The molecule has 206 valence electrons. The minimum atomic E-state index is -0.428. The van der Waals surface area contributed by atoms with Gasteiger partial charge in [-0.15, -0.1) is 0 Å². The quantitative estimate of drug-likeness (QED) is 0.312. The molecule has 4 bridgehead atoms. The lowest BCUT2D eigenvalue weighted by molar-refractivity contribution is -0.220. The molecule has 4 aromatic rings. The number of nitrogens with zero attached hydrogens (tertiary/aromatic N) is 4. The summed E-state index contributed by atoms with van der Waals surface area (Å²) in [5.74, 6) is 0.286. The van der Waals surface area contributed by atoms with Crippen LogP contribution in [0.4, 0.5) is 10.2 Å². The fraction of sp³-hybridized carbons (Fsp3) is 0.438. The monoisotopic (exact) mass is 557 g/mol. The molecule has 40 heavy (non-hydrogen) atoms. The van der Waals surface area contributed by atoms with E-state index in [2.05, 4.69) is 29.2 Å². The zero-order valence-corrected chi connectivity index (χ0v) is 23.6. The van der Waals surface area contributed by atoms with Crippen LogP contribution in [0.25, 0.3) is 32.8 Å². The van der Waals surface area contributed by atoms with Crippen molar-refractivity contribution in [2.24, 2.45) is 5.41 Å². The van der Waals surface area contributed by atoms with Gasteiger partial charge >= 0.3 is 6.01 Å². The van der Waals surface area contributed by atoms with E-state index in [4.69, 9.17) is 26.3 Å². The number of benzene rings is 3. The molecule has 5 aliphatic rings. The van der Waals surface area contributed by atoms with Crippen molar-refractivity contribution in [1.29, 1.82) is 0 Å². The molecule has 2 atom stereocenters. The number of ether oxygens (including phenoxy) is 1. The van der Waals surface area contributed by atoms with E-state index in [1.165, 1.54) is 0 Å². The summed E-state index contributed by atoms with van der Waals surface area (Å²) in [6.45, 7) is 2.20. The third kappa shape index (κ3) is 3.67. The van der Waals surface area contributed by atoms with Gasteiger partial charge in [-0.1, -0.05) is 54.1 Å². The third-order valence-electron chi connectivity index (χ3n) is 9.99. The van der Waals surface area contributed by atoms with Gasteiger partial charge in [0, 0.05) is 47.1 Å². The highest BCUT2D eigenvalue weighted by Crippen LogP contribution is 2.69. The maximum absolute atomic E-state index is 16.7. The van der Waals surface area contributed by atoms with Gasteiger partial charge in [-0.25, -0.2) is 4.39 Å². The molecule has 0 unspecified atom stereocenters. The molecule has 0 spiro atoms. The summed E-state index contributed by atoms with van der Waals surface area (Å²) in [4.78, 5) is 14.2. The predicted molar refractivity (Wildman–Crippen MR) is 158 cm³/mol. The molecule has 3 aliphatic carbocycles. The number of aromatic nitrogens is 2. The second-order valence-corrected chi connectivity index (χ2v) is 13.2. The highest BCUT2D eigenvalue weighted by molar-refractivity contribution is 6.35. The van der Waals surface area contributed by atoms with E-state index in [1.807, 2.05) is 48.5 Å². The minimum Gasteiger partial charge on any atom is -0.463 e. The summed E-state index contributed by atoms with van der Waals surface area (Å²) >= 11 is 6.89. The summed E-state index contributed by atoms with van der Waals surface area (Å²) in [6, 6.07) is 16.8. The Morgan fingerprint density at radius 3 is 2.50 bits per heavy atom. The lowest BCUT2D eigenvalue weighted by Gasteiger charge is -2.72. The molecule has 5 fully saturated rings. The van der Waals surface area contributed by atoms with E-state index in [-0.39, 0.29) is 16.9 Å². The largest absolute Gasteiger partial charge is 0.463 e. The SMILES string of the molecule is CN(C)C12CC(COc3nc(N4C[C@H]5CC[C@@H](C4)N5)c4cc(Cl)c(-c5cccc6ccccc56)c(F)c4n3)(C1)C2. The van der Waals surface area contributed by atoms with Crippen molar-refractivity contribution >= 4 is 39.1 Å². The Balaban J connectivity index is 1.23. The van der Waals surface area contributed by atoms with Crippen molar-refractivity contribution < 1.29 is 9.13 Å². The van der Waals surface area contributed by atoms with Crippen LogP contribution in [-0.2, 0) is 0 Å². The van der Waals surface area contributed by atoms with E-state index >= 15 is 4.39 Å². The predicted octanol–water partition coefficient (Wildman–Crippen LogP) is 6.05. The van der Waals surface area contributed by atoms with Crippen molar-refractivity contribution in [3.63, 3.8) is 0 Å². The molecular formula is C32H33ClFN5O. The molecule has 1 aromatic heterocycles. The lowest BCUT2D eigenvalue weighted by atomic mass is 9.39. The molecule has 8 heteroatoms. The van der Waals surface area contributed by atoms with Crippen molar-refractivity contribution in [2.45, 2.75) is 49.7 Å². The van der Waals surface area contributed by atoms with E-state index in [0.717, 1.165) is 61.5 Å². The smallest absolute Gasteiger partial charge is 0.319 e. The number of fused-ring (bicyclic) bond motifs is 4. The van der Waals surface area contributed by atoms with Crippen LogP contribution >= 0.6 is 11.6 Å². The average molecular weight is 558 g/mol. The molecule has 6 nitrogen and oxygen atoms in total. The number of rotatable bonds is 6. The van der Waals surface area contributed by atoms with Gasteiger partial charge < -0.3 is 19.9 Å². The number of piperazine rings is 1. The van der Waals surface area contributed by atoms with Crippen molar-refractivity contribution in [3.8, 4) is 17.1 Å². The molecule has 9 rings (SSSR count). The van der Waals surface area contributed by atoms with Crippen LogP contribution in [0, 0.1) is 11.2 Å². The molecule has 1 N–H and O–H groups in total. The van der Waals surface area contributed by atoms with Gasteiger partial charge in [0.05, 0.1) is 11.6 Å². The van der Waals surface area contributed by atoms with Gasteiger partial charge in [-0.2, -0.15) is 9.97 Å². The average Bonchev–Trinajstić information content (AvgIpc) is 3.24. The molecular weight excluding hydrogens is 525 g/mol. The second kappa shape index (κ2) is 8.75. The van der Waals surface area contributed by atoms with Gasteiger partial charge in [0.1, 0.15) is 11.3 Å². The number of anilines is 1. The summed E-state index contributed by atoms with van der Waals surface area (Å²) in [5, 5.41) is 6.67. The molecule has 2 aliphatic heterocycles. The minimum absolute atomic E-state index is 0.184. The van der Waals surface area contributed by atoms with Crippen LogP contribution in [0.3, 0.4) is 0 Å². The first kappa shape index (κ1) is 24.8. The summed E-state index contributed by atoms with van der Waals surface area (Å²) < 4.78 is 23.0. The van der Waals surface area contributed by atoms with Crippen molar-refractivity contribution in [3.05, 3.63) is 59.4 Å². The van der Waals surface area contributed by atoms with E-state index in [1.54, 1.807) is 0 Å². The Morgan fingerprint density at radius 1 is 1.02 bits per heavy atom. The molecule has 2 saturated heterocycles. The topological polar surface area (TPSA) is 53.5 Å². The summed E-state index contributed by atoms with van der Waals surface area (Å²) in [5.41, 5.74) is 1.90. The Morgan fingerprint density at radius 2 is 1.75 bits per heavy atom. The zero-order valence-electron chi connectivity index (χ0n) is 22.9. The third-order valence-corrected chi connectivity index (χ3v) is 10.3. The van der Waals surface area contributed by atoms with Gasteiger partial charge in [0.15, 0.2) is 5.82 Å². The standard InChI is InChI=1S/C32H33ClFN5O/c1-38(2)32-15-31(16-32,17-32)18-40-30-36-28-24(29(37-30)39-13-20-10-11-21(14-39)35-20)12-25(33)26(27(28)34)23-9-5-7-19-6-3-4-8-22(19)23/h3-9,12,20-21,35H,10-11,13-18H2,1-2H3/t20-,21+,31?,32?. The lowest BCUT2D eigenvalue weighted by Crippen LogP contribution is -2.74. The summed E-state index contributed by atoms with van der Waals surface area (Å²) in [7, 11) is 4.31. The van der Waals surface area contributed by atoms with Gasteiger partial charge in [0.2, 0.25) is 0 Å². The first-order valence-electron chi connectivity index (χ1n) is 14.3. The van der Waals surface area contributed by atoms with Crippen molar-refractivity contribution in [1.82, 2.24) is 20.2 Å². The number of nitrogens with one attached hydrogen (secondary N) is 1. The number of halogens is 2.